The van der Waals surface area contributed by atoms with Crippen LogP contribution in [0.25, 0.3) is 0 Å². The molecule has 0 aliphatic carbocycles. The Hall–Kier alpha value is -2.25. The highest BCUT2D eigenvalue weighted by Gasteiger charge is 2.40. The highest BCUT2D eigenvalue weighted by molar-refractivity contribution is 7.89. The Balaban J connectivity index is 2.12. The first-order valence-corrected chi connectivity index (χ1v) is 9.37. The summed E-state index contributed by atoms with van der Waals surface area (Å²) in [5.74, 6) is -0.854. The second-order valence-electron chi connectivity index (χ2n) is 6.08. The minimum atomic E-state index is -3.95. The Morgan fingerprint density at radius 2 is 1.84 bits per heavy atom. The zero-order valence-corrected chi connectivity index (χ0v) is 14.8. The molecule has 2 aromatic carbocycles. The first-order chi connectivity index (χ1) is 11.8. The number of rotatable bonds is 3. The molecule has 7 heteroatoms. The molecule has 1 amide bonds. The van der Waals surface area contributed by atoms with Crippen LogP contribution in [0.4, 0.5) is 4.39 Å². The van der Waals surface area contributed by atoms with Crippen LogP contribution in [0.3, 0.4) is 0 Å². The van der Waals surface area contributed by atoms with Gasteiger partial charge in [-0.1, -0.05) is 24.3 Å². The minimum Gasteiger partial charge on any atom is -0.353 e. The number of carbonyl (C=O) groups is 1. The highest BCUT2D eigenvalue weighted by atomic mass is 32.2. The van der Waals surface area contributed by atoms with Crippen LogP contribution >= 0.6 is 0 Å². The number of nitrogens with zero attached hydrogens (tertiary/aromatic N) is 1. The summed E-state index contributed by atoms with van der Waals surface area (Å²) in [5, 5.41) is 2.73. The van der Waals surface area contributed by atoms with Crippen molar-refractivity contribution in [2.24, 2.45) is 0 Å². The van der Waals surface area contributed by atoms with Crippen LogP contribution < -0.4 is 5.32 Å². The molecule has 3 rings (SSSR count). The molecular formula is C18H19FN2O3S. The lowest BCUT2D eigenvalue weighted by Crippen LogP contribution is -2.52. The van der Waals surface area contributed by atoms with Gasteiger partial charge in [-0.15, -0.1) is 0 Å². The number of hydrogen-bond donors (Lipinski definition) is 1. The van der Waals surface area contributed by atoms with Crippen LogP contribution in [0.5, 0.6) is 0 Å². The van der Waals surface area contributed by atoms with Gasteiger partial charge < -0.3 is 5.32 Å². The van der Waals surface area contributed by atoms with Gasteiger partial charge in [-0.05, 0) is 48.7 Å². The molecule has 1 atom stereocenters. The van der Waals surface area contributed by atoms with Gasteiger partial charge in [0.2, 0.25) is 15.9 Å². The first-order valence-electron chi connectivity index (χ1n) is 7.93. The fraction of sp³-hybridized carbons (Fsp3) is 0.278. The standard InChI is InChI=1S/C18H19FN2O3S/c1-12-5-3-4-6-15(12)17-18(22)20-9-10-21(17)25(23,24)16-8-7-14(19)11-13(16)2/h3-8,11,17H,9-10H2,1-2H3,(H,20,22). The summed E-state index contributed by atoms with van der Waals surface area (Å²) in [7, 11) is -3.95. The van der Waals surface area contributed by atoms with Crippen LogP contribution in [0.1, 0.15) is 22.7 Å². The molecule has 25 heavy (non-hydrogen) atoms. The van der Waals surface area contributed by atoms with E-state index in [9.17, 15) is 17.6 Å². The predicted molar refractivity (Wildman–Crippen MR) is 92.0 cm³/mol. The van der Waals surface area contributed by atoms with Gasteiger partial charge in [0.15, 0.2) is 0 Å². The van der Waals surface area contributed by atoms with E-state index in [0.717, 1.165) is 11.6 Å². The average Bonchev–Trinajstić information content (AvgIpc) is 2.55. The molecule has 1 heterocycles. The largest absolute Gasteiger partial charge is 0.353 e. The number of halogens is 1. The maximum absolute atomic E-state index is 13.4. The first kappa shape index (κ1) is 17.6. The van der Waals surface area contributed by atoms with E-state index >= 15 is 0 Å². The van der Waals surface area contributed by atoms with E-state index in [0.29, 0.717) is 11.1 Å². The molecule has 0 bridgehead atoms. The summed E-state index contributed by atoms with van der Waals surface area (Å²) in [4.78, 5) is 12.5. The van der Waals surface area contributed by atoms with E-state index in [1.807, 2.05) is 19.1 Å². The highest BCUT2D eigenvalue weighted by Crippen LogP contribution is 2.32. The summed E-state index contributed by atoms with van der Waals surface area (Å²) in [6.07, 6.45) is 0. The Kier molecular flexibility index (Phi) is 4.62. The number of hydrogen-bond acceptors (Lipinski definition) is 3. The number of carbonyl (C=O) groups excluding carboxylic acids is 1. The second-order valence-corrected chi connectivity index (χ2v) is 7.93. The Morgan fingerprint density at radius 1 is 1.12 bits per heavy atom. The SMILES string of the molecule is Cc1ccccc1C1C(=O)NCCN1S(=O)(=O)c1ccc(F)cc1C. The molecule has 1 fully saturated rings. The summed E-state index contributed by atoms with van der Waals surface area (Å²) >= 11 is 0. The quantitative estimate of drug-likeness (QED) is 0.911. The molecule has 1 unspecified atom stereocenters. The third-order valence-electron chi connectivity index (χ3n) is 4.37. The van der Waals surface area contributed by atoms with Gasteiger partial charge in [0.05, 0.1) is 4.90 Å². The van der Waals surface area contributed by atoms with Crippen molar-refractivity contribution >= 4 is 15.9 Å². The number of amides is 1. The summed E-state index contributed by atoms with van der Waals surface area (Å²) < 4.78 is 40.9. The number of piperazine rings is 1. The summed E-state index contributed by atoms with van der Waals surface area (Å²) in [5.41, 5.74) is 1.79. The fourth-order valence-corrected chi connectivity index (χ4v) is 4.90. The van der Waals surface area contributed by atoms with E-state index < -0.39 is 21.9 Å². The molecule has 0 aromatic heterocycles. The van der Waals surface area contributed by atoms with Crippen LogP contribution in [0.2, 0.25) is 0 Å². The number of benzene rings is 2. The van der Waals surface area contributed by atoms with Gasteiger partial charge in [-0.25, -0.2) is 12.8 Å². The molecule has 1 aliphatic heterocycles. The van der Waals surface area contributed by atoms with E-state index in [1.165, 1.54) is 16.4 Å². The molecule has 1 aliphatic rings. The monoisotopic (exact) mass is 362 g/mol. The fourth-order valence-electron chi connectivity index (χ4n) is 3.12. The van der Waals surface area contributed by atoms with Gasteiger partial charge in [0.1, 0.15) is 11.9 Å². The van der Waals surface area contributed by atoms with E-state index in [4.69, 9.17) is 0 Å². The summed E-state index contributed by atoms with van der Waals surface area (Å²) in [6, 6.07) is 9.81. The lowest BCUT2D eigenvalue weighted by atomic mass is 9.99. The lowest BCUT2D eigenvalue weighted by Gasteiger charge is -2.35. The molecule has 0 radical (unpaired) electrons. The van der Waals surface area contributed by atoms with Crippen molar-refractivity contribution in [2.45, 2.75) is 24.8 Å². The third-order valence-corrected chi connectivity index (χ3v) is 6.40. The normalized spacial score (nSPS) is 18.8. The second kappa shape index (κ2) is 6.57. The Morgan fingerprint density at radius 3 is 2.52 bits per heavy atom. The van der Waals surface area contributed by atoms with Crippen molar-refractivity contribution in [2.75, 3.05) is 13.1 Å². The molecule has 132 valence electrons. The molecule has 1 saturated heterocycles. The van der Waals surface area contributed by atoms with Gasteiger partial charge in [-0.2, -0.15) is 4.31 Å². The maximum atomic E-state index is 13.4. The average molecular weight is 362 g/mol. The van der Waals surface area contributed by atoms with Crippen LogP contribution in [0.15, 0.2) is 47.4 Å². The van der Waals surface area contributed by atoms with E-state index in [2.05, 4.69) is 5.32 Å². The zero-order chi connectivity index (χ0) is 18.2. The molecule has 2 aromatic rings. The van der Waals surface area contributed by atoms with Crippen molar-refractivity contribution in [1.82, 2.24) is 9.62 Å². The van der Waals surface area contributed by atoms with Gasteiger partial charge in [-0.3, -0.25) is 4.79 Å². The predicted octanol–water partition coefficient (Wildman–Crippen LogP) is 2.30. The molecular weight excluding hydrogens is 343 g/mol. The number of nitrogens with one attached hydrogen (secondary N) is 1. The van der Waals surface area contributed by atoms with Crippen LogP contribution in [-0.4, -0.2) is 31.7 Å². The molecule has 1 N–H and O–H groups in total. The van der Waals surface area contributed by atoms with E-state index in [-0.39, 0.29) is 23.9 Å². The zero-order valence-electron chi connectivity index (χ0n) is 14.0. The van der Waals surface area contributed by atoms with Crippen LogP contribution in [-0.2, 0) is 14.8 Å². The Labute approximate surface area is 146 Å². The van der Waals surface area contributed by atoms with E-state index in [1.54, 1.807) is 19.1 Å². The van der Waals surface area contributed by atoms with Crippen LogP contribution in [0, 0.1) is 19.7 Å². The maximum Gasteiger partial charge on any atom is 0.244 e. The van der Waals surface area contributed by atoms with Crippen molar-refractivity contribution < 1.29 is 17.6 Å². The molecule has 0 spiro atoms. The van der Waals surface area contributed by atoms with Crippen molar-refractivity contribution in [3.63, 3.8) is 0 Å². The Bertz CT molecular complexity index is 928. The number of aryl methyl sites for hydroxylation is 2. The van der Waals surface area contributed by atoms with Crippen molar-refractivity contribution in [3.05, 3.63) is 65.0 Å². The van der Waals surface area contributed by atoms with Crippen molar-refractivity contribution in [3.8, 4) is 0 Å². The van der Waals surface area contributed by atoms with Gasteiger partial charge >= 0.3 is 0 Å². The van der Waals surface area contributed by atoms with Gasteiger partial charge in [0, 0.05) is 13.1 Å². The van der Waals surface area contributed by atoms with Crippen molar-refractivity contribution in [1.29, 1.82) is 0 Å². The lowest BCUT2D eigenvalue weighted by molar-refractivity contribution is -0.126. The minimum absolute atomic E-state index is 0.0159. The van der Waals surface area contributed by atoms with Gasteiger partial charge in [0.25, 0.3) is 0 Å². The molecule has 5 nitrogen and oxygen atoms in total. The topological polar surface area (TPSA) is 66.5 Å². The molecule has 0 saturated carbocycles. The smallest absolute Gasteiger partial charge is 0.244 e. The summed E-state index contributed by atoms with van der Waals surface area (Å²) in [6.45, 7) is 3.78. The third kappa shape index (κ3) is 3.17. The number of sulfonamides is 1.